The van der Waals surface area contributed by atoms with E-state index >= 15 is 0 Å². The van der Waals surface area contributed by atoms with Crippen molar-refractivity contribution in [1.82, 2.24) is 5.32 Å². The summed E-state index contributed by atoms with van der Waals surface area (Å²) in [5.74, 6) is 0.784. The summed E-state index contributed by atoms with van der Waals surface area (Å²) in [6.07, 6.45) is 4.22. The molecule has 0 saturated carbocycles. The lowest BCUT2D eigenvalue weighted by molar-refractivity contribution is 0.281. The molecule has 2 rings (SSSR count). The lowest BCUT2D eigenvalue weighted by Crippen LogP contribution is -2.21. The van der Waals surface area contributed by atoms with Crippen molar-refractivity contribution in [3.05, 3.63) is 29.8 Å². The highest BCUT2D eigenvalue weighted by molar-refractivity contribution is 5.27. The molecule has 0 spiro atoms. The summed E-state index contributed by atoms with van der Waals surface area (Å²) in [7, 11) is 1.61. The molecule has 16 heavy (non-hydrogen) atoms. The van der Waals surface area contributed by atoms with Gasteiger partial charge in [0.1, 0.15) is 5.75 Å². The van der Waals surface area contributed by atoms with E-state index in [0.29, 0.717) is 0 Å². The van der Waals surface area contributed by atoms with Crippen LogP contribution in [0.4, 0.5) is 0 Å². The average Bonchev–Trinajstić information content (AvgIpc) is 2.41. The van der Waals surface area contributed by atoms with E-state index in [4.69, 9.17) is 9.84 Å². The summed E-state index contributed by atoms with van der Waals surface area (Å²) in [4.78, 5) is 0. The molecule has 1 aliphatic rings. The minimum Gasteiger partial charge on any atom is -0.497 e. The number of methoxy groups -OCH3 is 1. The van der Waals surface area contributed by atoms with Crippen LogP contribution in [0.25, 0.3) is 0 Å². The van der Waals surface area contributed by atoms with Crippen LogP contribution in [-0.4, -0.2) is 25.3 Å². The zero-order valence-electron chi connectivity index (χ0n) is 9.91. The molecule has 0 unspecified atom stereocenters. The predicted octanol–water partition coefficient (Wildman–Crippen LogP) is 1.95. The lowest BCUT2D eigenvalue weighted by atomic mass is 10.2. The highest BCUT2D eigenvalue weighted by Gasteiger charge is 1.93. The molecule has 1 heterocycles. The molecule has 1 fully saturated rings. The van der Waals surface area contributed by atoms with Gasteiger partial charge in [0.25, 0.3) is 0 Å². The van der Waals surface area contributed by atoms with Crippen LogP contribution >= 0.6 is 0 Å². The van der Waals surface area contributed by atoms with E-state index in [1.54, 1.807) is 13.2 Å². The quantitative estimate of drug-likeness (QED) is 0.805. The van der Waals surface area contributed by atoms with Gasteiger partial charge in [-0.05, 0) is 43.6 Å². The predicted molar refractivity (Wildman–Crippen MR) is 65.6 cm³/mol. The number of hydrogen-bond donors (Lipinski definition) is 2. The van der Waals surface area contributed by atoms with E-state index < -0.39 is 0 Å². The first-order chi connectivity index (χ1) is 7.86. The number of ether oxygens (including phenoxy) is 1. The monoisotopic (exact) mass is 223 g/mol. The third-order valence-corrected chi connectivity index (χ3v) is 2.52. The van der Waals surface area contributed by atoms with E-state index in [1.165, 1.54) is 32.4 Å². The van der Waals surface area contributed by atoms with Gasteiger partial charge in [0.15, 0.2) is 0 Å². The largest absolute Gasteiger partial charge is 0.497 e. The van der Waals surface area contributed by atoms with Crippen molar-refractivity contribution in [3.8, 4) is 5.75 Å². The number of benzene rings is 1. The Kier molecular flexibility index (Phi) is 6.61. The van der Waals surface area contributed by atoms with Crippen LogP contribution in [0.2, 0.25) is 0 Å². The Balaban J connectivity index is 0.000000181. The van der Waals surface area contributed by atoms with Crippen LogP contribution in [0.15, 0.2) is 24.3 Å². The van der Waals surface area contributed by atoms with E-state index in [2.05, 4.69) is 5.32 Å². The van der Waals surface area contributed by atoms with Gasteiger partial charge in [-0.3, -0.25) is 0 Å². The summed E-state index contributed by atoms with van der Waals surface area (Å²) in [6, 6.07) is 7.35. The molecule has 0 atom stereocenters. The van der Waals surface area contributed by atoms with E-state index in [-0.39, 0.29) is 6.61 Å². The molecular weight excluding hydrogens is 202 g/mol. The summed E-state index contributed by atoms with van der Waals surface area (Å²) < 4.78 is 4.95. The van der Waals surface area contributed by atoms with Gasteiger partial charge in [-0.2, -0.15) is 0 Å². The SMILES string of the molecule is C1CCNCC1.COc1cccc(CO)c1. The number of piperidine rings is 1. The molecule has 3 nitrogen and oxygen atoms in total. The molecule has 0 amide bonds. The smallest absolute Gasteiger partial charge is 0.119 e. The fraction of sp³-hybridized carbons (Fsp3) is 0.538. The standard InChI is InChI=1S/C8H10O2.C5H11N/c1-10-8-4-2-3-7(5-8)6-9;1-2-4-6-5-3-1/h2-5,9H,6H2,1H3;6H,1-5H2. The number of rotatable bonds is 2. The zero-order valence-corrected chi connectivity index (χ0v) is 9.91. The van der Waals surface area contributed by atoms with Crippen LogP contribution < -0.4 is 10.1 Å². The Bertz CT molecular complexity index is 254. The molecule has 0 bridgehead atoms. The highest BCUT2D eigenvalue weighted by Crippen LogP contribution is 2.11. The van der Waals surface area contributed by atoms with Crippen molar-refractivity contribution >= 4 is 0 Å². The Morgan fingerprint density at radius 1 is 1.25 bits per heavy atom. The van der Waals surface area contributed by atoms with Gasteiger partial charge in [0, 0.05) is 0 Å². The van der Waals surface area contributed by atoms with Crippen molar-refractivity contribution in [1.29, 1.82) is 0 Å². The lowest BCUT2D eigenvalue weighted by Gasteiger charge is -2.08. The molecule has 3 heteroatoms. The van der Waals surface area contributed by atoms with Crippen LogP contribution in [0.3, 0.4) is 0 Å². The third-order valence-electron chi connectivity index (χ3n) is 2.52. The van der Waals surface area contributed by atoms with E-state index in [1.807, 2.05) is 18.2 Å². The van der Waals surface area contributed by atoms with Crippen LogP contribution in [0, 0.1) is 0 Å². The molecular formula is C13H21NO2. The van der Waals surface area contributed by atoms with Crippen LogP contribution in [-0.2, 0) is 6.61 Å². The first-order valence-corrected chi connectivity index (χ1v) is 5.81. The molecule has 1 aromatic carbocycles. The van der Waals surface area contributed by atoms with Crippen molar-refractivity contribution < 1.29 is 9.84 Å². The van der Waals surface area contributed by atoms with Crippen molar-refractivity contribution in [2.75, 3.05) is 20.2 Å². The van der Waals surface area contributed by atoms with Gasteiger partial charge in [-0.15, -0.1) is 0 Å². The number of aliphatic hydroxyl groups excluding tert-OH is 1. The first-order valence-electron chi connectivity index (χ1n) is 5.81. The fourth-order valence-electron chi connectivity index (χ4n) is 1.57. The maximum absolute atomic E-state index is 8.70. The molecule has 1 aromatic rings. The van der Waals surface area contributed by atoms with Gasteiger partial charge >= 0.3 is 0 Å². The van der Waals surface area contributed by atoms with Gasteiger partial charge < -0.3 is 15.2 Å². The molecule has 1 aliphatic heterocycles. The van der Waals surface area contributed by atoms with Gasteiger partial charge in [0.05, 0.1) is 13.7 Å². The number of aliphatic hydroxyl groups is 1. The van der Waals surface area contributed by atoms with E-state index in [0.717, 1.165) is 11.3 Å². The van der Waals surface area contributed by atoms with E-state index in [9.17, 15) is 0 Å². The second-order valence-corrected chi connectivity index (χ2v) is 3.82. The normalized spacial score (nSPS) is 14.9. The molecule has 1 saturated heterocycles. The second kappa shape index (κ2) is 8.13. The third kappa shape index (κ3) is 5.14. The summed E-state index contributed by atoms with van der Waals surface area (Å²) in [6.45, 7) is 2.57. The van der Waals surface area contributed by atoms with Gasteiger partial charge in [0.2, 0.25) is 0 Å². The maximum atomic E-state index is 8.70. The summed E-state index contributed by atoms with van der Waals surface area (Å²) in [5, 5.41) is 12.0. The van der Waals surface area contributed by atoms with Crippen LogP contribution in [0.5, 0.6) is 5.75 Å². The average molecular weight is 223 g/mol. The Morgan fingerprint density at radius 3 is 2.44 bits per heavy atom. The van der Waals surface area contributed by atoms with Crippen molar-refractivity contribution in [3.63, 3.8) is 0 Å². The van der Waals surface area contributed by atoms with Crippen molar-refractivity contribution in [2.45, 2.75) is 25.9 Å². The highest BCUT2D eigenvalue weighted by atomic mass is 16.5. The summed E-state index contributed by atoms with van der Waals surface area (Å²) in [5.41, 5.74) is 0.874. The second-order valence-electron chi connectivity index (χ2n) is 3.82. The first kappa shape index (κ1) is 13.0. The topological polar surface area (TPSA) is 41.5 Å². The Hall–Kier alpha value is -1.06. The molecule has 0 radical (unpaired) electrons. The Labute approximate surface area is 97.4 Å². The molecule has 2 N–H and O–H groups in total. The van der Waals surface area contributed by atoms with Crippen LogP contribution in [0.1, 0.15) is 24.8 Å². The molecule has 0 aromatic heterocycles. The number of hydrogen-bond acceptors (Lipinski definition) is 3. The molecule has 90 valence electrons. The summed E-state index contributed by atoms with van der Waals surface area (Å²) >= 11 is 0. The minimum absolute atomic E-state index is 0.0667. The molecule has 0 aliphatic carbocycles. The minimum atomic E-state index is 0.0667. The van der Waals surface area contributed by atoms with Gasteiger partial charge in [-0.1, -0.05) is 18.6 Å². The van der Waals surface area contributed by atoms with Gasteiger partial charge in [-0.25, -0.2) is 0 Å². The fourth-order valence-corrected chi connectivity index (χ4v) is 1.57. The Morgan fingerprint density at radius 2 is 2.00 bits per heavy atom. The maximum Gasteiger partial charge on any atom is 0.119 e. The van der Waals surface area contributed by atoms with Crippen molar-refractivity contribution in [2.24, 2.45) is 0 Å². The zero-order chi connectivity index (χ0) is 11.6. The number of nitrogens with one attached hydrogen (secondary N) is 1.